The van der Waals surface area contributed by atoms with Gasteiger partial charge in [0.25, 0.3) is 5.91 Å². The second-order valence-corrected chi connectivity index (χ2v) is 4.04. The molecular formula is C10H13N3O3. The van der Waals surface area contributed by atoms with Crippen LogP contribution in [0.5, 0.6) is 0 Å². The third-order valence-corrected chi connectivity index (χ3v) is 2.37. The first-order chi connectivity index (χ1) is 7.58. The van der Waals surface area contributed by atoms with E-state index in [9.17, 15) is 9.59 Å². The summed E-state index contributed by atoms with van der Waals surface area (Å²) in [5.74, 6) is 0.593. The third-order valence-electron chi connectivity index (χ3n) is 2.37. The fraction of sp³-hybridized carbons (Fsp3) is 0.500. The van der Waals surface area contributed by atoms with Gasteiger partial charge in [0.15, 0.2) is 5.69 Å². The summed E-state index contributed by atoms with van der Waals surface area (Å²) in [7, 11) is 3.11. The van der Waals surface area contributed by atoms with Crippen molar-refractivity contribution in [3.8, 4) is 0 Å². The highest BCUT2D eigenvalue weighted by atomic mass is 16.5. The van der Waals surface area contributed by atoms with Gasteiger partial charge in [0.1, 0.15) is 5.76 Å². The van der Waals surface area contributed by atoms with Crippen molar-refractivity contribution < 1.29 is 14.1 Å². The van der Waals surface area contributed by atoms with E-state index in [0.717, 1.165) is 18.6 Å². The molecule has 1 aromatic heterocycles. The topological polar surface area (TPSA) is 75.4 Å². The molecule has 2 rings (SSSR count). The van der Waals surface area contributed by atoms with Crippen LogP contribution in [0, 0.1) is 0 Å². The molecule has 0 radical (unpaired) electrons. The lowest BCUT2D eigenvalue weighted by Crippen LogP contribution is -2.38. The first kappa shape index (κ1) is 10.7. The monoisotopic (exact) mass is 223 g/mol. The lowest BCUT2D eigenvalue weighted by molar-refractivity contribution is 0.0948. The Balaban J connectivity index is 2.00. The van der Waals surface area contributed by atoms with E-state index in [2.05, 4.69) is 10.5 Å². The zero-order valence-corrected chi connectivity index (χ0v) is 9.19. The lowest BCUT2D eigenvalue weighted by atomic mass is 10.3. The van der Waals surface area contributed by atoms with Crippen molar-refractivity contribution in [2.45, 2.75) is 18.8 Å². The zero-order valence-electron chi connectivity index (χ0n) is 9.19. The van der Waals surface area contributed by atoms with Gasteiger partial charge in [-0.1, -0.05) is 5.16 Å². The van der Waals surface area contributed by atoms with Crippen LogP contribution in [0.15, 0.2) is 10.6 Å². The molecule has 1 N–H and O–H groups in total. The predicted molar refractivity (Wildman–Crippen MR) is 55.0 cm³/mol. The van der Waals surface area contributed by atoms with Gasteiger partial charge in [-0.15, -0.1) is 0 Å². The van der Waals surface area contributed by atoms with Crippen molar-refractivity contribution in [3.05, 3.63) is 17.5 Å². The molecule has 1 fully saturated rings. The van der Waals surface area contributed by atoms with Gasteiger partial charge in [-0.05, 0) is 12.8 Å². The van der Waals surface area contributed by atoms with Gasteiger partial charge < -0.3 is 9.42 Å². The standard InChI is InChI=1S/C10H13N3O3/c1-13(2)10(15)11-9(14)7-5-8(16-12-7)6-3-4-6/h5-6H,3-4H2,1-2H3,(H,11,14,15). The normalized spacial score (nSPS) is 14.6. The van der Waals surface area contributed by atoms with E-state index < -0.39 is 11.9 Å². The highest BCUT2D eigenvalue weighted by Gasteiger charge is 2.29. The predicted octanol–water partition coefficient (Wildman–Crippen LogP) is 0.963. The number of nitrogens with zero attached hydrogens (tertiary/aromatic N) is 2. The first-order valence-corrected chi connectivity index (χ1v) is 5.07. The van der Waals surface area contributed by atoms with Crippen molar-refractivity contribution >= 4 is 11.9 Å². The largest absolute Gasteiger partial charge is 0.360 e. The molecule has 1 aliphatic rings. The molecular weight excluding hydrogens is 210 g/mol. The number of rotatable bonds is 2. The van der Waals surface area contributed by atoms with Gasteiger partial charge in [0.2, 0.25) is 0 Å². The maximum Gasteiger partial charge on any atom is 0.323 e. The van der Waals surface area contributed by atoms with Crippen LogP contribution in [0.2, 0.25) is 0 Å². The highest BCUT2D eigenvalue weighted by molar-refractivity contribution is 6.02. The maximum atomic E-state index is 11.5. The number of amides is 3. The molecule has 1 aliphatic carbocycles. The van der Waals surface area contributed by atoms with Crippen LogP contribution in [-0.4, -0.2) is 36.1 Å². The van der Waals surface area contributed by atoms with Crippen molar-refractivity contribution in [1.82, 2.24) is 15.4 Å². The van der Waals surface area contributed by atoms with Crippen LogP contribution >= 0.6 is 0 Å². The fourth-order valence-electron chi connectivity index (χ4n) is 1.23. The Morgan fingerprint density at radius 1 is 1.50 bits per heavy atom. The number of hydrogen-bond donors (Lipinski definition) is 1. The highest BCUT2D eigenvalue weighted by Crippen LogP contribution is 2.40. The van der Waals surface area contributed by atoms with Crippen LogP contribution in [0.1, 0.15) is 35.0 Å². The molecule has 1 aromatic rings. The van der Waals surface area contributed by atoms with E-state index in [4.69, 9.17) is 4.52 Å². The maximum absolute atomic E-state index is 11.5. The number of nitrogens with one attached hydrogen (secondary N) is 1. The summed E-state index contributed by atoms with van der Waals surface area (Å²) in [6.07, 6.45) is 2.15. The van der Waals surface area contributed by atoms with Gasteiger partial charge in [0.05, 0.1) is 0 Å². The summed E-state index contributed by atoms with van der Waals surface area (Å²) in [6, 6.07) is 1.12. The average Bonchev–Trinajstić information content (AvgIpc) is 2.96. The second kappa shape index (κ2) is 3.96. The molecule has 0 saturated heterocycles. The van der Waals surface area contributed by atoms with E-state index >= 15 is 0 Å². The molecule has 1 saturated carbocycles. The second-order valence-electron chi connectivity index (χ2n) is 4.04. The van der Waals surface area contributed by atoms with Crippen LogP contribution in [0.25, 0.3) is 0 Å². The molecule has 0 aliphatic heterocycles. The molecule has 6 nitrogen and oxygen atoms in total. The third kappa shape index (κ3) is 2.21. The number of carbonyl (C=O) groups is 2. The summed E-state index contributed by atoms with van der Waals surface area (Å²) < 4.78 is 5.02. The quantitative estimate of drug-likeness (QED) is 0.810. The first-order valence-electron chi connectivity index (χ1n) is 5.07. The van der Waals surface area contributed by atoms with E-state index in [1.807, 2.05) is 0 Å². The van der Waals surface area contributed by atoms with Crippen LogP contribution in [-0.2, 0) is 0 Å². The molecule has 0 aromatic carbocycles. The zero-order chi connectivity index (χ0) is 11.7. The van der Waals surface area contributed by atoms with E-state index in [1.54, 1.807) is 20.2 Å². The summed E-state index contributed by atoms with van der Waals surface area (Å²) in [4.78, 5) is 24.0. The Bertz CT molecular complexity index is 421. The summed E-state index contributed by atoms with van der Waals surface area (Å²) >= 11 is 0. The molecule has 86 valence electrons. The number of carbonyl (C=O) groups excluding carboxylic acids is 2. The average molecular weight is 223 g/mol. The molecule has 0 atom stereocenters. The Labute approximate surface area is 92.6 Å². The molecule has 6 heteroatoms. The molecule has 3 amide bonds. The lowest BCUT2D eigenvalue weighted by Gasteiger charge is -2.09. The SMILES string of the molecule is CN(C)C(=O)NC(=O)c1cc(C2CC2)on1. The van der Waals surface area contributed by atoms with Crippen LogP contribution < -0.4 is 5.32 Å². The summed E-state index contributed by atoms with van der Waals surface area (Å²) in [5.41, 5.74) is 0.150. The minimum Gasteiger partial charge on any atom is -0.360 e. The Hall–Kier alpha value is -1.85. The number of hydrogen-bond acceptors (Lipinski definition) is 4. The van der Waals surface area contributed by atoms with E-state index in [-0.39, 0.29) is 5.69 Å². The Kier molecular flexibility index (Phi) is 2.64. The summed E-state index contributed by atoms with van der Waals surface area (Å²) in [5, 5.41) is 5.83. The van der Waals surface area contributed by atoms with Crippen LogP contribution in [0.4, 0.5) is 4.79 Å². The van der Waals surface area contributed by atoms with Crippen molar-refractivity contribution in [2.75, 3.05) is 14.1 Å². The van der Waals surface area contributed by atoms with Gasteiger partial charge in [-0.25, -0.2) is 4.79 Å². The van der Waals surface area contributed by atoms with Gasteiger partial charge in [0, 0.05) is 26.1 Å². The molecule has 0 unspecified atom stereocenters. The van der Waals surface area contributed by atoms with Crippen molar-refractivity contribution in [3.63, 3.8) is 0 Å². The minimum atomic E-state index is -0.533. The molecule has 1 heterocycles. The number of aromatic nitrogens is 1. The molecule has 16 heavy (non-hydrogen) atoms. The van der Waals surface area contributed by atoms with Gasteiger partial charge in [-0.2, -0.15) is 0 Å². The van der Waals surface area contributed by atoms with Crippen LogP contribution in [0.3, 0.4) is 0 Å². The molecule has 0 spiro atoms. The number of imide groups is 1. The van der Waals surface area contributed by atoms with Crippen molar-refractivity contribution in [2.24, 2.45) is 0 Å². The van der Waals surface area contributed by atoms with Gasteiger partial charge >= 0.3 is 6.03 Å². The van der Waals surface area contributed by atoms with Crippen molar-refractivity contribution in [1.29, 1.82) is 0 Å². The molecule has 0 bridgehead atoms. The minimum absolute atomic E-state index is 0.150. The Morgan fingerprint density at radius 2 is 2.19 bits per heavy atom. The Morgan fingerprint density at radius 3 is 2.75 bits per heavy atom. The van der Waals surface area contributed by atoms with E-state index in [1.165, 1.54) is 4.90 Å². The fourth-order valence-corrected chi connectivity index (χ4v) is 1.23. The van der Waals surface area contributed by atoms with E-state index in [0.29, 0.717) is 5.92 Å². The van der Waals surface area contributed by atoms with Gasteiger partial charge in [-0.3, -0.25) is 10.1 Å². The smallest absolute Gasteiger partial charge is 0.323 e. The number of urea groups is 1. The summed E-state index contributed by atoms with van der Waals surface area (Å²) in [6.45, 7) is 0.